The van der Waals surface area contributed by atoms with Crippen LogP contribution in [0.4, 0.5) is 5.69 Å². The molecule has 1 fully saturated rings. The molecule has 1 aromatic heterocycles. The van der Waals surface area contributed by atoms with E-state index < -0.39 is 5.97 Å². The van der Waals surface area contributed by atoms with Crippen molar-refractivity contribution in [3.8, 4) is 0 Å². The average Bonchev–Trinajstić information content (AvgIpc) is 2.38. The lowest BCUT2D eigenvalue weighted by atomic mass is 10.1. The predicted octanol–water partition coefficient (Wildman–Crippen LogP) is 1.39. The molecule has 0 aliphatic carbocycles. The molecular weight excluding hydrogens is 220 g/mol. The van der Waals surface area contributed by atoms with Gasteiger partial charge in [0.25, 0.3) is 0 Å². The van der Waals surface area contributed by atoms with Gasteiger partial charge < -0.3 is 15.2 Å². The standard InChI is InChI=1S/C12H16N2O3/c13-11-7-14-5-4-10(11)12(15)17-8-9-3-1-2-6-16-9/h4-5,7,9H,1-3,6,8,13H2. The molecule has 92 valence electrons. The molecule has 0 bridgehead atoms. The molecule has 2 heterocycles. The van der Waals surface area contributed by atoms with E-state index in [1.165, 1.54) is 12.4 Å². The number of ether oxygens (including phenoxy) is 2. The van der Waals surface area contributed by atoms with Crippen molar-refractivity contribution in [1.82, 2.24) is 4.98 Å². The van der Waals surface area contributed by atoms with Gasteiger partial charge in [-0.2, -0.15) is 0 Å². The predicted molar refractivity (Wildman–Crippen MR) is 62.5 cm³/mol. The highest BCUT2D eigenvalue weighted by Gasteiger charge is 2.17. The van der Waals surface area contributed by atoms with Gasteiger partial charge in [-0.1, -0.05) is 0 Å². The molecule has 5 nitrogen and oxygen atoms in total. The first kappa shape index (κ1) is 11.9. The van der Waals surface area contributed by atoms with Crippen LogP contribution in [0.3, 0.4) is 0 Å². The molecule has 1 unspecified atom stereocenters. The number of anilines is 1. The van der Waals surface area contributed by atoms with Crippen molar-refractivity contribution >= 4 is 11.7 Å². The first-order valence-corrected chi connectivity index (χ1v) is 5.75. The molecule has 1 aliphatic rings. The Morgan fingerprint density at radius 1 is 1.59 bits per heavy atom. The van der Waals surface area contributed by atoms with Gasteiger partial charge in [0, 0.05) is 12.8 Å². The molecule has 1 saturated heterocycles. The third-order valence-corrected chi connectivity index (χ3v) is 2.75. The number of nitrogens with two attached hydrogens (primary N) is 1. The minimum atomic E-state index is -0.418. The molecule has 1 atom stereocenters. The topological polar surface area (TPSA) is 74.4 Å². The summed E-state index contributed by atoms with van der Waals surface area (Å²) in [5.74, 6) is -0.418. The van der Waals surface area contributed by atoms with Crippen molar-refractivity contribution in [1.29, 1.82) is 0 Å². The Labute approximate surface area is 99.9 Å². The van der Waals surface area contributed by atoms with Crippen LogP contribution in [0.2, 0.25) is 0 Å². The van der Waals surface area contributed by atoms with Gasteiger partial charge in [-0.15, -0.1) is 0 Å². The fraction of sp³-hybridized carbons (Fsp3) is 0.500. The summed E-state index contributed by atoms with van der Waals surface area (Å²) in [4.78, 5) is 15.5. The van der Waals surface area contributed by atoms with Gasteiger partial charge in [0.2, 0.25) is 0 Å². The maximum absolute atomic E-state index is 11.7. The quantitative estimate of drug-likeness (QED) is 0.803. The molecule has 1 aromatic rings. The highest BCUT2D eigenvalue weighted by Crippen LogP contribution is 2.15. The van der Waals surface area contributed by atoms with Crippen LogP contribution >= 0.6 is 0 Å². The molecule has 0 spiro atoms. The number of carbonyl (C=O) groups excluding carboxylic acids is 1. The number of nitrogens with zero attached hydrogens (tertiary/aromatic N) is 1. The summed E-state index contributed by atoms with van der Waals surface area (Å²) in [5.41, 5.74) is 6.33. The Bertz CT molecular complexity index is 389. The van der Waals surface area contributed by atoms with Crippen LogP contribution in [0.1, 0.15) is 29.6 Å². The van der Waals surface area contributed by atoms with E-state index in [1.807, 2.05) is 0 Å². The molecule has 0 saturated carbocycles. The second-order valence-corrected chi connectivity index (χ2v) is 4.05. The van der Waals surface area contributed by atoms with Crippen molar-refractivity contribution in [2.75, 3.05) is 18.9 Å². The molecule has 0 amide bonds. The highest BCUT2D eigenvalue weighted by atomic mass is 16.6. The molecule has 2 rings (SSSR count). The summed E-state index contributed by atoms with van der Waals surface area (Å²) in [7, 11) is 0. The van der Waals surface area contributed by atoms with Crippen molar-refractivity contribution < 1.29 is 14.3 Å². The number of rotatable bonds is 3. The van der Waals surface area contributed by atoms with Crippen LogP contribution in [-0.2, 0) is 9.47 Å². The monoisotopic (exact) mass is 236 g/mol. The van der Waals surface area contributed by atoms with E-state index in [0.717, 1.165) is 25.9 Å². The summed E-state index contributed by atoms with van der Waals surface area (Å²) in [5, 5.41) is 0. The first-order chi connectivity index (χ1) is 8.27. The lowest BCUT2D eigenvalue weighted by molar-refractivity contribution is -0.0300. The van der Waals surface area contributed by atoms with Gasteiger partial charge in [-0.3, -0.25) is 4.98 Å². The SMILES string of the molecule is Nc1cnccc1C(=O)OCC1CCCCO1. The van der Waals surface area contributed by atoms with E-state index in [1.54, 1.807) is 6.07 Å². The number of esters is 1. The van der Waals surface area contributed by atoms with E-state index in [-0.39, 0.29) is 6.10 Å². The van der Waals surface area contributed by atoms with E-state index in [0.29, 0.717) is 17.9 Å². The summed E-state index contributed by atoms with van der Waals surface area (Å²) in [6.07, 6.45) is 6.13. The fourth-order valence-corrected chi connectivity index (χ4v) is 1.78. The number of nitrogen functional groups attached to an aromatic ring is 1. The van der Waals surface area contributed by atoms with Crippen molar-refractivity contribution in [2.45, 2.75) is 25.4 Å². The van der Waals surface area contributed by atoms with Crippen LogP contribution in [0.15, 0.2) is 18.5 Å². The Morgan fingerprint density at radius 3 is 3.18 bits per heavy atom. The Morgan fingerprint density at radius 2 is 2.47 bits per heavy atom. The van der Waals surface area contributed by atoms with Crippen LogP contribution in [-0.4, -0.2) is 30.3 Å². The van der Waals surface area contributed by atoms with E-state index in [2.05, 4.69) is 4.98 Å². The minimum absolute atomic E-state index is 0.0239. The Kier molecular flexibility index (Phi) is 3.93. The lowest BCUT2D eigenvalue weighted by Gasteiger charge is -2.22. The van der Waals surface area contributed by atoms with Crippen molar-refractivity contribution in [2.24, 2.45) is 0 Å². The zero-order valence-electron chi connectivity index (χ0n) is 9.59. The number of aromatic nitrogens is 1. The van der Waals surface area contributed by atoms with Gasteiger partial charge >= 0.3 is 5.97 Å². The number of pyridine rings is 1. The highest BCUT2D eigenvalue weighted by molar-refractivity contribution is 5.94. The molecule has 0 radical (unpaired) electrons. The van der Waals surface area contributed by atoms with Gasteiger partial charge in [0.15, 0.2) is 0 Å². The largest absolute Gasteiger partial charge is 0.459 e. The van der Waals surface area contributed by atoms with Crippen LogP contribution in [0.5, 0.6) is 0 Å². The average molecular weight is 236 g/mol. The number of hydrogen-bond donors (Lipinski definition) is 1. The summed E-state index contributed by atoms with van der Waals surface area (Å²) >= 11 is 0. The second-order valence-electron chi connectivity index (χ2n) is 4.05. The van der Waals surface area contributed by atoms with E-state index in [9.17, 15) is 4.79 Å². The maximum atomic E-state index is 11.7. The summed E-state index contributed by atoms with van der Waals surface area (Å²) in [6.45, 7) is 1.04. The second kappa shape index (κ2) is 5.63. The molecule has 5 heteroatoms. The van der Waals surface area contributed by atoms with Crippen molar-refractivity contribution in [3.05, 3.63) is 24.0 Å². The molecule has 17 heavy (non-hydrogen) atoms. The van der Waals surface area contributed by atoms with Gasteiger partial charge in [0.05, 0.1) is 23.6 Å². The summed E-state index contributed by atoms with van der Waals surface area (Å²) < 4.78 is 10.7. The van der Waals surface area contributed by atoms with E-state index >= 15 is 0 Å². The number of carbonyl (C=O) groups is 1. The van der Waals surface area contributed by atoms with Crippen LogP contribution in [0, 0.1) is 0 Å². The molecule has 1 aliphatic heterocycles. The Hall–Kier alpha value is -1.62. The zero-order chi connectivity index (χ0) is 12.1. The smallest absolute Gasteiger partial charge is 0.340 e. The third-order valence-electron chi connectivity index (χ3n) is 2.75. The molecule has 0 aromatic carbocycles. The van der Waals surface area contributed by atoms with Gasteiger partial charge in [0.1, 0.15) is 6.61 Å². The summed E-state index contributed by atoms with van der Waals surface area (Å²) in [6, 6.07) is 1.55. The van der Waals surface area contributed by atoms with E-state index in [4.69, 9.17) is 15.2 Å². The Balaban J connectivity index is 1.87. The lowest BCUT2D eigenvalue weighted by Crippen LogP contribution is -2.26. The first-order valence-electron chi connectivity index (χ1n) is 5.75. The molecular formula is C12H16N2O3. The molecule has 2 N–H and O–H groups in total. The van der Waals surface area contributed by atoms with Gasteiger partial charge in [-0.05, 0) is 25.3 Å². The number of hydrogen-bond acceptors (Lipinski definition) is 5. The van der Waals surface area contributed by atoms with Crippen molar-refractivity contribution in [3.63, 3.8) is 0 Å². The maximum Gasteiger partial charge on any atom is 0.340 e. The zero-order valence-corrected chi connectivity index (χ0v) is 9.59. The fourth-order valence-electron chi connectivity index (χ4n) is 1.78. The van der Waals surface area contributed by atoms with Gasteiger partial charge in [-0.25, -0.2) is 4.79 Å². The third kappa shape index (κ3) is 3.17. The van der Waals surface area contributed by atoms with Crippen LogP contribution < -0.4 is 5.73 Å². The van der Waals surface area contributed by atoms with Crippen LogP contribution in [0.25, 0.3) is 0 Å². The normalized spacial score (nSPS) is 19.9. The minimum Gasteiger partial charge on any atom is -0.459 e.